The van der Waals surface area contributed by atoms with Crippen molar-refractivity contribution in [3.05, 3.63) is 59.2 Å². The summed E-state index contributed by atoms with van der Waals surface area (Å²) in [6.07, 6.45) is 2.31. The molecule has 168 valence electrons. The number of benzene rings is 2. The number of barbiturate groups is 1. The van der Waals surface area contributed by atoms with E-state index in [1.807, 2.05) is 13.8 Å². The standard InChI is InChI=1S/C24H26N2O6/c1-4-12-32-20-11-8-17(14-21(20)30-3)15-26-23(28)19(22(27)25-24(26)29)13-16-6-9-18(10-7-16)31-5-2/h6-11,13-14H,4-5,12,15H2,1-3H3,(H,25,27,29)/b19-13+. The summed E-state index contributed by atoms with van der Waals surface area (Å²) in [7, 11) is 1.52. The molecule has 1 fully saturated rings. The zero-order valence-corrected chi connectivity index (χ0v) is 18.3. The van der Waals surface area contributed by atoms with E-state index in [2.05, 4.69) is 5.32 Å². The van der Waals surface area contributed by atoms with Gasteiger partial charge in [0.2, 0.25) is 0 Å². The van der Waals surface area contributed by atoms with Crippen molar-refractivity contribution in [2.75, 3.05) is 20.3 Å². The van der Waals surface area contributed by atoms with Gasteiger partial charge in [0.05, 0.1) is 26.9 Å². The number of urea groups is 1. The molecule has 32 heavy (non-hydrogen) atoms. The summed E-state index contributed by atoms with van der Waals surface area (Å²) in [4.78, 5) is 38.7. The highest BCUT2D eigenvalue weighted by atomic mass is 16.5. The number of carbonyl (C=O) groups is 3. The number of ether oxygens (including phenoxy) is 3. The Balaban J connectivity index is 1.82. The summed E-state index contributed by atoms with van der Waals surface area (Å²) in [5.41, 5.74) is 1.17. The molecular formula is C24H26N2O6. The molecule has 3 rings (SSSR count). The number of amides is 4. The van der Waals surface area contributed by atoms with Gasteiger partial charge in [-0.05, 0) is 54.8 Å². The molecule has 1 N–H and O–H groups in total. The largest absolute Gasteiger partial charge is 0.494 e. The van der Waals surface area contributed by atoms with Crippen LogP contribution in [0.2, 0.25) is 0 Å². The van der Waals surface area contributed by atoms with Crippen LogP contribution in [0.3, 0.4) is 0 Å². The molecule has 8 nitrogen and oxygen atoms in total. The summed E-state index contributed by atoms with van der Waals surface area (Å²) < 4.78 is 16.4. The normalized spacial score (nSPS) is 15.0. The number of rotatable bonds is 9. The molecule has 4 amide bonds. The number of nitrogens with one attached hydrogen (secondary N) is 1. The van der Waals surface area contributed by atoms with Crippen LogP contribution in [0.4, 0.5) is 4.79 Å². The van der Waals surface area contributed by atoms with E-state index in [-0.39, 0.29) is 12.1 Å². The lowest BCUT2D eigenvalue weighted by molar-refractivity contribution is -0.130. The summed E-state index contributed by atoms with van der Waals surface area (Å²) in [5.74, 6) is 0.371. The first-order valence-corrected chi connectivity index (χ1v) is 10.4. The number of hydrogen-bond donors (Lipinski definition) is 1. The number of hydrogen-bond acceptors (Lipinski definition) is 6. The average Bonchev–Trinajstić information content (AvgIpc) is 2.79. The molecule has 0 radical (unpaired) electrons. The highest BCUT2D eigenvalue weighted by Gasteiger charge is 2.35. The average molecular weight is 438 g/mol. The zero-order valence-electron chi connectivity index (χ0n) is 18.3. The maximum Gasteiger partial charge on any atom is 0.331 e. The third-order valence-electron chi connectivity index (χ3n) is 4.72. The fraction of sp³-hybridized carbons (Fsp3) is 0.292. The Morgan fingerprint density at radius 2 is 1.72 bits per heavy atom. The second kappa shape index (κ2) is 10.5. The van der Waals surface area contributed by atoms with Crippen molar-refractivity contribution in [3.63, 3.8) is 0 Å². The summed E-state index contributed by atoms with van der Waals surface area (Å²) in [6.45, 7) is 4.94. The van der Waals surface area contributed by atoms with E-state index in [4.69, 9.17) is 14.2 Å². The van der Waals surface area contributed by atoms with E-state index >= 15 is 0 Å². The van der Waals surface area contributed by atoms with Crippen molar-refractivity contribution in [1.29, 1.82) is 0 Å². The summed E-state index contributed by atoms with van der Waals surface area (Å²) in [5, 5.41) is 2.23. The van der Waals surface area contributed by atoms with Gasteiger partial charge in [0.1, 0.15) is 11.3 Å². The van der Waals surface area contributed by atoms with Crippen LogP contribution < -0.4 is 19.5 Å². The Morgan fingerprint density at radius 3 is 2.38 bits per heavy atom. The van der Waals surface area contributed by atoms with Crippen LogP contribution >= 0.6 is 0 Å². The molecule has 0 aromatic heterocycles. The Hall–Kier alpha value is -3.81. The molecule has 0 bridgehead atoms. The molecule has 1 heterocycles. The fourth-order valence-electron chi connectivity index (χ4n) is 3.16. The van der Waals surface area contributed by atoms with Crippen molar-refractivity contribution in [2.24, 2.45) is 0 Å². The lowest BCUT2D eigenvalue weighted by Gasteiger charge is -2.26. The van der Waals surface area contributed by atoms with Gasteiger partial charge in [-0.2, -0.15) is 0 Å². The Kier molecular flexibility index (Phi) is 7.49. The van der Waals surface area contributed by atoms with Crippen LogP contribution in [0.5, 0.6) is 17.2 Å². The zero-order chi connectivity index (χ0) is 23.1. The van der Waals surface area contributed by atoms with Crippen molar-refractivity contribution >= 4 is 23.9 Å². The van der Waals surface area contributed by atoms with Gasteiger partial charge < -0.3 is 14.2 Å². The van der Waals surface area contributed by atoms with Crippen molar-refractivity contribution in [2.45, 2.75) is 26.8 Å². The molecule has 1 aliphatic rings. The lowest BCUT2D eigenvalue weighted by atomic mass is 10.1. The number of carbonyl (C=O) groups excluding carboxylic acids is 3. The van der Waals surface area contributed by atoms with Crippen LogP contribution in [0.1, 0.15) is 31.4 Å². The predicted molar refractivity (Wildman–Crippen MR) is 118 cm³/mol. The SMILES string of the molecule is CCCOc1ccc(CN2C(=O)NC(=O)/C(=C\c3ccc(OCC)cc3)C2=O)cc1OC. The third-order valence-corrected chi connectivity index (χ3v) is 4.72. The number of methoxy groups -OCH3 is 1. The molecule has 0 aliphatic carbocycles. The van der Waals surface area contributed by atoms with Gasteiger partial charge in [-0.3, -0.25) is 19.8 Å². The van der Waals surface area contributed by atoms with Gasteiger partial charge in [0.15, 0.2) is 11.5 Å². The number of nitrogens with zero attached hydrogens (tertiary/aromatic N) is 1. The topological polar surface area (TPSA) is 94.2 Å². The van der Waals surface area contributed by atoms with E-state index in [1.165, 1.54) is 13.2 Å². The quantitative estimate of drug-likeness (QED) is 0.475. The van der Waals surface area contributed by atoms with Crippen molar-refractivity contribution in [3.8, 4) is 17.2 Å². The van der Waals surface area contributed by atoms with E-state index in [0.717, 1.165) is 11.3 Å². The monoisotopic (exact) mass is 438 g/mol. The second-order valence-corrected chi connectivity index (χ2v) is 7.04. The molecule has 0 spiro atoms. The van der Waals surface area contributed by atoms with E-state index in [0.29, 0.717) is 41.6 Å². The maximum absolute atomic E-state index is 13.0. The molecule has 2 aromatic carbocycles. The smallest absolute Gasteiger partial charge is 0.331 e. The summed E-state index contributed by atoms with van der Waals surface area (Å²) in [6, 6.07) is 11.4. The highest BCUT2D eigenvalue weighted by Crippen LogP contribution is 2.29. The van der Waals surface area contributed by atoms with Gasteiger partial charge in [0, 0.05) is 0 Å². The van der Waals surface area contributed by atoms with Gasteiger partial charge in [-0.15, -0.1) is 0 Å². The minimum absolute atomic E-state index is 0.0248. The van der Waals surface area contributed by atoms with Crippen molar-refractivity contribution in [1.82, 2.24) is 10.2 Å². The number of imide groups is 2. The molecular weight excluding hydrogens is 412 g/mol. The molecule has 1 aliphatic heterocycles. The summed E-state index contributed by atoms with van der Waals surface area (Å²) >= 11 is 0. The molecule has 8 heteroatoms. The first-order chi connectivity index (χ1) is 15.5. The van der Waals surface area contributed by atoms with Crippen LogP contribution in [0, 0.1) is 0 Å². The fourth-order valence-corrected chi connectivity index (χ4v) is 3.16. The Morgan fingerprint density at radius 1 is 0.969 bits per heavy atom. The van der Waals surface area contributed by atoms with Gasteiger partial charge in [-0.1, -0.05) is 25.1 Å². The van der Waals surface area contributed by atoms with Gasteiger partial charge in [0.25, 0.3) is 11.8 Å². The molecule has 0 saturated carbocycles. The van der Waals surface area contributed by atoms with E-state index in [9.17, 15) is 14.4 Å². The van der Waals surface area contributed by atoms with Gasteiger partial charge >= 0.3 is 6.03 Å². The Labute approximate surface area is 186 Å². The van der Waals surface area contributed by atoms with Crippen LogP contribution in [-0.4, -0.2) is 43.1 Å². The second-order valence-electron chi connectivity index (χ2n) is 7.04. The maximum atomic E-state index is 13.0. The minimum atomic E-state index is -0.769. The lowest BCUT2D eigenvalue weighted by Crippen LogP contribution is -2.53. The van der Waals surface area contributed by atoms with Crippen molar-refractivity contribution < 1.29 is 28.6 Å². The van der Waals surface area contributed by atoms with E-state index in [1.54, 1.807) is 42.5 Å². The van der Waals surface area contributed by atoms with Crippen LogP contribution in [0.25, 0.3) is 6.08 Å². The highest BCUT2D eigenvalue weighted by molar-refractivity contribution is 6.30. The first kappa shape index (κ1) is 22.9. The Bertz CT molecular complexity index is 1030. The molecule has 0 atom stereocenters. The predicted octanol–water partition coefficient (Wildman–Crippen LogP) is 3.54. The third kappa shape index (κ3) is 5.26. The molecule has 2 aromatic rings. The van der Waals surface area contributed by atoms with Crippen LogP contribution in [0.15, 0.2) is 48.0 Å². The molecule has 1 saturated heterocycles. The van der Waals surface area contributed by atoms with Crippen LogP contribution in [-0.2, 0) is 16.1 Å². The molecule has 0 unspecified atom stereocenters. The minimum Gasteiger partial charge on any atom is -0.494 e. The van der Waals surface area contributed by atoms with E-state index < -0.39 is 17.8 Å². The van der Waals surface area contributed by atoms with Gasteiger partial charge in [-0.25, -0.2) is 4.79 Å². The first-order valence-electron chi connectivity index (χ1n) is 10.4.